The average Bonchev–Trinajstić information content (AvgIpc) is 3.39. The van der Waals surface area contributed by atoms with Gasteiger partial charge in [0.05, 0.1) is 23.2 Å². The van der Waals surface area contributed by atoms with E-state index in [-0.39, 0.29) is 36.9 Å². The molecule has 0 unspecified atom stereocenters. The van der Waals surface area contributed by atoms with Gasteiger partial charge in [0.2, 0.25) is 0 Å². The SMILES string of the molecule is C=C(CC[C@@H](C)[C@H]1CC[C@H]2[C@]1(C)C[C@@H](O)[C@]13C[C@]14C(=O)C[C@@H](O)[C@@](C)(C(=O)O)[C@H]4C(=O)C[C@@]23O)C(C)C. The highest BCUT2D eigenvalue weighted by Crippen LogP contribution is 2.86. The Morgan fingerprint density at radius 1 is 1.11 bits per heavy atom. The van der Waals surface area contributed by atoms with Crippen molar-refractivity contribution in [1.29, 1.82) is 0 Å². The van der Waals surface area contributed by atoms with Crippen molar-refractivity contribution in [1.82, 2.24) is 0 Å². The molecule has 206 valence electrons. The molecule has 4 N–H and O–H groups in total. The number of fused-ring (bicyclic) bond motifs is 2. The molecular formula is C30H44O7. The fourth-order valence-corrected chi connectivity index (χ4v) is 10.4. The molecule has 5 aliphatic rings. The molecule has 0 amide bonds. The van der Waals surface area contributed by atoms with Gasteiger partial charge in [-0.15, -0.1) is 0 Å². The van der Waals surface area contributed by atoms with E-state index in [1.54, 1.807) is 0 Å². The highest BCUT2D eigenvalue weighted by atomic mass is 16.4. The van der Waals surface area contributed by atoms with E-state index in [1.165, 1.54) is 12.5 Å². The minimum Gasteiger partial charge on any atom is -0.481 e. The van der Waals surface area contributed by atoms with Crippen LogP contribution in [0.2, 0.25) is 0 Å². The van der Waals surface area contributed by atoms with E-state index >= 15 is 0 Å². The molecule has 7 nitrogen and oxygen atoms in total. The number of ketones is 2. The van der Waals surface area contributed by atoms with Crippen LogP contribution in [0.4, 0.5) is 0 Å². The quantitative estimate of drug-likeness (QED) is 0.397. The Balaban J connectivity index is 1.52. The molecule has 0 radical (unpaired) electrons. The smallest absolute Gasteiger partial charge is 0.312 e. The molecule has 7 heteroatoms. The number of hydrogen-bond donors (Lipinski definition) is 4. The van der Waals surface area contributed by atoms with Crippen molar-refractivity contribution >= 4 is 17.5 Å². The number of aliphatic hydroxyl groups is 3. The van der Waals surface area contributed by atoms with Crippen LogP contribution in [0.25, 0.3) is 0 Å². The van der Waals surface area contributed by atoms with Crippen molar-refractivity contribution in [3.8, 4) is 0 Å². The summed E-state index contributed by atoms with van der Waals surface area (Å²) in [4.78, 5) is 39.8. The Morgan fingerprint density at radius 2 is 1.76 bits per heavy atom. The molecule has 0 bridgehead atoms. The van der Waals surface area contributed by atoms with Gasteiger partial charge in [0, 0.05) is 24.2 Å². The lowest BCUT2D eigenvalue weighted by Gasteiger charge is -2.62. The van der Waals surface area contributed by atoms with Gasteiger partial charge in [-0.25, -0.2) is 0 Å². The van der Waals surface area contributed by atoms with E-state index in [1.807, 2.05) is 0 Å². The number of rotatable bonds is 6. The number of carboxylic acids is 1. The summed E-state index contributed by atoms with van der Waals surface area (Å²) in [6.07, 6.45) is 0.876. The highest BCUT2D eigenvalue weighted by molar-refractivity contribution is 6.04. The molecular weight excluding hydrogens is 472 g/mol. The highest BCUT2D eigenvalue weighted by Gasteiger charge is 2.93. The largest absolute Gasteiger partial charge is 0.481 e. The van der Waals surface area contributed by atoms with Crippen molar-refractivity contribution in [2.24, 2.45) is 51.2 Å². The molecule has 0 aliphatic heterocycles. The summed E-state index contributed by atoms with van der Waals surface area (Å²) in [5.74, 6) is -2.64. The van der Waals surface area contributed by atoms with Crippen LogP contribution < -0.4 is 0 Å². The van der Waals surface area contributed by atoms with Crippen LogP contribution in [0.3, 0.4) is 0 Å². The van der Waals surface area contributed by atoms with Crippen molar-refractivity contribution in [3.05, 3.63) is 12.2 Å². The molecule has 0 saturated heterocycles. The Morgan fingerprint density at radius 3 is 2.35 bits per heavy atom. The van der Waals surface area contributed by atoms with Gasteiger partial charge in [0.1, 0.15) is 17.0 Å². The summed E-state index contributed by atoms with van der Waals surface area (Å²) in [6, 6.07) is 0. The van der Waals surface area contributed by atoms with Gasteiger partial charge in [0.15, 0.2) is 0 Å². The number of allylic oxidation sites excluding steroid dienone is 1. The first-order valence-electron chi connectivity index (χ1n) is 14.1. The molecule has 5 rings (SSSR count). The lowest BCUT2D eigenvalue weighted by Crippen LogP contribution is -2.72. The number of carboxylic acid groups (broad SMARTS) is 1. The Hall–Kier alpha value is -1.57. The maximum Gasteiger partial charge on any atom is 0.312 e. The van der Waals surface area contributed by atoms with Gasteiger partial charge in [-0.3, -0.25) is 14.4 Å². The van der Waals surface area contributed by atoms with Gasteiger partial charge in [0.25, 0.3) is 0 Å². The monoisotopic (exact) mass is 516 g/mol. The van der Waals surface area contributed by atoms with Crippen LogP contribution in [0, 0.1) is 51.2 Å². The number of aliphatic carboxylic acids is 1. The van der Waals surface area contributed by atoms with Crippen LogP contribution in [0.15, 0.2) is 12.2 Å². The second-order valence-electron chi connectivity index (χ2n) is 14.1. The summed E-state index contributed by atoms with van der Waals surface area (Å²) < 4.78 is 0. The van der Waals surface area contributed by atoms with E-state index in [4.69, 9.17) is 0 Å². The lowest BCUT2D eigenvalue weighted by atomic mass is 9.42. The maximum absolute atomic E-state index is 13.8. The van der Waals surface area contributed by atoms with E-state index in [0.29, 0.717) is 24.7 Å². The van der Waals surface area contributed by atoms with Crippen LogP contribution >= 0.6 is 0 Å². The first kappa shape index (κ1) is 27.0. The molecule has 5 aliphatic carbocycles. The van der Waals surface area contributed by atoms with Crippen molar-refractivity contribution in [2.75, 3.05) is 0 Å². The van der Waals surface area contributed by atoms with E-state index in [9.17, 15) is 34.8 Å². The molecule has 5 saturated carbocycles. The van der Waals surface area contributed by atoms with Gasteiger partial charge < -0.3 is 20.4 Å². The zero-order valence-electron chi connectivity index (χ0n) is 22.9. The van der Waals surface area contributed by atoms with Gasteiger partial charge in [-0.05, 0) is 74.5 Å². The van der Waals surface area contributed by atoms with Crippen LogP contribution in [0.5, 0.6) is 0 Å². The zero-order chi connectivity index (χ0) is 27.5. The number of aliphatic hydroxyl groups excluding tert-OH is 2. The second kappa shape index (κ2) is 7.98. The molecule has 0 aromatic heterocycles. The molecule has 0 aromatic carbocycles. The zero-order valence-corrected chi connectivity index (χ0v) is 22.9. The third-order valence-corrected chi connectivity index (χ3v) is 12.5. The molecule has 5 fully saturated rings. The third kappa shape index (κ3) is 2.97. The minimum absolute atomic E-state index is 0.115. The summed E-state index contributed by atoms with van der Waals surface area (Å²) >= 11 is 0. The van der Waals surface area contributed by atoms with Crippen molar-refractivity contribution < 1.29 is 34.8 Å². The first-order chi connectivity index (χ1) is 17.1. The first-order valence-corrected chi connectivity index (χ1v) is 14.1. The van der Waals surface area contributed by atoms with E-state index < -0.39 is 57.1 Å². The minimum atomic E-state index is -1.83. The maximum atomic E-state index is 13.8. The van der Waals surface area contributed by atoms with Crippen LogP contribution in [0.1, 0.15) is 86.0 Å². The fourth-order valence-electron chi connectivity index (χ4n) is 10.4. The normalized spacial score (nSPS) is 51.1. The Kier molecular flexibility index (Phi) is 5.83. The number of hydrogen-bond acceptors (Lipinski definition) is 6. The second-order valence-corrected chi connectivity index (χ2v) is 14.1. The topological polar surface area (TPSA) is 132 Å². The van der Waals surface area contributed by atoms with Gasteiger partial charge in [-0.1, -0.05) is 39.8 Å². The fraction of sp³-hybridized carbons (Fsp3) is 0.833. The van der Waals surface area contributed by atoms with Crippen molar-refractivity contribution in [3.63, 3.8) is 0 Å². The molecule has 37 heavy (non-hydrogen) atoms. The Bertz CT molecular complexity index is 1070. The predicted octanol–water partition coefficient (Wildman–Crippen LogP) is 3.53. The van der Waals surface area contributed by atoms with Crippen LogP contribution in [-0.4, -0.2) is 55.8 Å². The van der Waals surface area contributed by atoms with Gasteiger partial charge >= 0.3 is 5.97 Å². The Labute approximate surface area is 219 Å². The molecule has 11 atom stereocenters. The summed E-state index contributed by atoms with van der Waals surface area (Å²) in [5.41, 5.74) is -5.25. The molecule has 0 aromatic rings. The van der Waals surface area contributed by atoms with Crippen molar-refractivity contribution in [2.45, 2.75) is 104 Å². The van der Waals surface area contributed by atoms with E-state index in [2.05, 4.69) is 34.3 Å². The predicted molar refractivity (Wildman–Crippen MR) is 136 cm³/mol. The summed E-state index contributed by atoms with van der Waals surface area (Å²) in [5, 5.41) is 45.2. The van der Waals surface area contributed by atoms with Crippen LogP contribution in [-0.2, 0) is 14.4 Å². The average molecular weight is 517 g/mol. The number of carbonyl (C=O) groups is 3. The summed E-state index contributed by atoms with van der Waals surface area (Å²) in [6.45, 7) is 14.2. The summed E-state index contributed by atoms with van der Waals surface area (Å²) in [7, 11) is 0. The van der Waals surface area contributed by atoms with E-state index in [0.717, 1.165) is 19.3 Å². The lowest BCUT2D eigenvalue weighted by molar-refractivity contribution is -0.242. The molecule has 0 heterocycles. The standard InChI is InChI=1S/C30H44O7/c1-15(2)16(3)7-8-17(4)18-9-10-20-26(18,5)13-23(34)29-14-28(29)22(33)11-21(32)27(6,25(35)36)24(28)19(31)12-30(20,29)37/h15,17-18,20-21,23-24,32,34,37H,3,7-14H2,1-2,4-6H3,(H,35,36)/t17-,18-,20+,21-,23-,24-,26-,27-,28-,29-,30-/m1/s1. The molecule has 2 spiro atoms. The third-order valence-electron chi connectivity index (χ3n) is 12.5. The number of Topliss-reactive ketones (excluding diaryl/α,β-unsaturated/α-hetero) is 2. The van der Waals surface area contributed by atoms with Gasteiger partial charge in [-0.2, -0.15) is 0 Å². The number of carbonyl (C=O) groups excluding carboxylic acids is 2.